The number of aliphatic hydroxyl groups excluding tert-OH is 3. The van der Waals surface area contributed by atoms with Crippen molar-refractivity contribution in [3.05, 3.63) is 24.3 Å². The molecule has 1 spiro atoms. The highest BCUT2D eigenvalue weighted by molar-refractivity contribution is 5.78. The normalized spacial score (nSPS) is 24.0. The number of para-hydroxylation sites is 2. The zero-order valence-electron chi connectivity index (χ0n) is 15.6. The second kappa shape index (κ2) is 8.87. The Labute approximate surface area is 162 Å². The maximum absolute atomic E-state index is 10.4. The summed E-state index contributed by atoms with van der Waals surface area (Å²) >= 11 is 0. The third-order valence-corrected chi connectivity index (χ3v) is 5.56. The van der Waals surface area contributed by atoms with Crippen LogP contribution in [0.25, 0.3) is 11.0 Å². The number of imidazole rings is 1. The van der Waals surface area contributed by atoms with Crippen molar-refractivity contribution in [3.8, 4) is 0 Å². The van der Waals surface area contributed by atoms with E-state index in [1.54, 1.807) is 0 Å². The van der Waals surface area contributed by atoms with Crippen LogP contribution in [0.1, 0.15) is 19.3 Å². The minimum absolute atomic E-state index is 0.0547. The van der Waals surface area contributed by atoms with Crippen LogP contribution < -0.4 is 4.90 Å². The van der Waals surface area contributed by atoms with E-state index in [2.05, 4.69) is 4.90 Å². The van der Waals surface area contributed by atoms with Gasteiger partial charge in [-0.25, -0.2) is 4.98 Å². The number of nitrogens with zero attached hydrogens (tertiary/aromatic N) is 3. The fourth-order valence-electron chi connectivity index (χ4n) is 4.13. The van der Waals surface area contributed by atoms with Crippen LogP contribution >= 0.6 is 0 Å². The molecule has 3 heterocycles. The van der Waals surface area contributed by atoms with Gasteiger partial charge in [-0.15, -0.1) is 0 Å². The molecule has 2 fully saturated rings. The number of benzene rings is 1. The number of fused-ring (bicyclic) bond motifs is 1. The van der Waals surface area contributed by atoms with Gasteiger partial charge < -0.3 is 34.6 Å². The van der Waals surface area contributed by atoms with E-state index >= 15 is 0 Å². The van der Waals surface area contributed by atoms with Crippen molar-refractivity contribution in [3.63, 3.8) is 0 Å². The van der Waals surface area contributed by atoms with E-state index in [4.69, 9.17) is 19.6 Å². The molecule has 2 atom stereocenters. The van der Waals surface area contributed by atoms with Gasteiger partial charge in [0.25, 0.3) is 6.47 Å². The highest BCUT2D eigenvalue weighted by atomic mass is 16.5. The maximum atomic E-state index is 10.4. The van der Waals surface area contributed by atoms with Crippen LogP contribution in [0.15, 0.2) is 24.3 Å². The number of rotatable bonds is 3. The molecule has 1 aromatic heterocycles. The SMILES string of the molecule is O=CO.OCCn1c(N2CCC3(CC2)OCC[C@H](O)[C@@H]3O)nc2ccccc21. The third kappa shape index (κ3) is 3.83. The summed E-state index contributed by atoms with van der Waals surface area (Å²) in [4.78, 5) is 15.3. The minimum atomic E-state index is -0.834. The van der Waals surface area contributed by atoms with E-state index in [-0.39, 0.29) is 13.1 Å². The molecule has 4 rings (SSSR count). The standard InChI is InChI=1S/C18H25N3O4.CH2O2/c22-11-10-21-14-4-2-1-3-13(14)19-17(21)20-8-6-18(7-9-20)16(24)15(23)5-12-25-18;2-1-3/h1-4,15-16,22-24H,5-12H2;1H,(H,2,3)/t15-,16-;/m0./s1. The summed E-state index contributed by atoms with van der Waals surface area (Å²) in [6.45, 7) is 2.17. The quantitative estimate of drug-likeness (QED) is 0.545. The molecule has 1 aromatic carbocycles. The van der Waals surface area contributed by atoms with Crippen LogP contribution in [0, 0.1) is 0 Å². The first-order valence-corrected chi connectivity index (χ1v) is 9.45. The number of hydrogen-bond donors (Lipinski definition) is 4. The molecule has 0 bridgehead atoms. The van der Waals surface area contributed by atoms with Crippen molar-refractivity contribution >= 4 is 23.5 Å². The number of hydrogen-bond acceptors (Lipinski definition) is 7. The van der Waals surface area contributed by atoms with Gasteiger partial charge in [0, 0.05) is 19.6 Å². The van der Waals surface area contributed by atoms with Crippen LogP contribution in [-0.4, -0.2) is 80.6 Å². The zero-order valence-corrected chi connectivity index (χ0v) is 15.6. The van der Waals surface area contributed by atoms with E-state index in [1.165, 1.54) is 0 Å². The molecule has 2 aromatic rings. The van der Waals surface area contributed by atoms with Crippen molar-refractivity contribution in [1.29, 1.82) is 0 Å². The molecule has 0 amide bonds. The van der Waals surface area contributed by atoms with Crippen molar-refractivity contribution < 1.29 is 30.0 Å². The molecule has 154 valence electrons. The van der Waals surface area contributed by atoms with E-state index in [0.717, 1.165) is 17.0 Å². The van der Waals surface area contributed by atoms with Gasteiger partial charge in [-0.2, -0.15) is 0 Å². The van der Waals surface area contributed by atoms with Crippen LogP contribution in [0.3, 0.4) is 0 Å². The van der Waals surface area contributed by atoms with E-state index in [1.807, 2.05) is 28.8 Å². The maximum Gasteiger partial charge on any atom is 0.290 e. The fraction of sp³-hybridized carbons (Fsp3) is 0.579. The molecule has 0 radical (unpaired) electrons. The number of ether oxygens (including phenoxy) is 1. The molecular formula is C19H27N3O6. The molecule has 9 heteroatoms. The van der Waals surface area contributed by atoms with Gasteiger partial charge >= 0.3 is 0 Å². The summed E-state index contributed by atoms with van der Waals surface area (Å²) < 4.78 is 7.95. The molecule has 2 aliphatic heterocycles. The highest BCUT2D eigenvalue weighted by Gasteiger charge is 2.47. The lowest BCUT2D eigenvalue weighted by molar-refractivity contribution is -0.205. The molecular weight excluding hydrogens is 366 g/mol. The first-order chi connectivity index (χ1) is 13.6. The molecule has 4 N–H and O–H groups in total. The Morgan fingerprint density at radius 1 is 1.25 bits per heavy atom. The van der Waals surface area contributed by atoms with E-state index in [0.29, 0.717) is 45.5 Å². The van der Waals surface area contributed by atoms with Crippen LogP contribution in [0.2, 0.25) is 0 Å². The molecule has 0 saturated carbocycles. The topological polar surface area (TPSA) is 128 Å². The zero-order chi connectivity index (χ0) is 20.1. The second-order valence-electron chi connectivity index (χ2n) is 7.08. The number of carboxylic acid groups (broad SMARTS) is 1. The third-order valence-electron chi connectivity index (χ3n) is 5.56. The van der Waals surface area contributed by atoms with Crippen molar-refractivity contribution in [2.24, 2.45) is 0 Å². The first kappa shape index (κ1) is 20.5. The lowest BCUT2D eigenvalue weighted by Crippen LogP contribution is -2.60. The smallest absolute Gasteiger partial charge is 0.290 e. The molecule has 9 nitrogen and oxygen atoms in total. The Morgan fingerprint density at radius 2 is 1.93 bits per heavy atom. The molecule has 0 aliphatic carbocycles. The summed E-state index contributed by atoms with van der Waals surface area (Å²) in [5, 5.41) is 36.7. The summed E-state index contributed by atoms with van der Waals surface area (Å²) in [6, 6.07) is 7.92. The molecule has 28 heavy (non-hydrogen) atoms. The Balaban J connectivity index is 0.000000706. The number of carbonyl (C=O) groups is 1. The van der Waals surface area contributed by atoms with Gasteiger partial charge in [0.15, 0.2) is 0 Å². The summed E-state index contributed by atoms with van der Waals surface area (Å²) in [5.41, 5.74) is 1.27. The lowest BCUT2D eigenvalue weighted by Gasteiger charge is -2.48. The average molecular weight is 393 g/mol. The first-order valence-electron chi connectivity index (χ1n) is 9.45. The van der Waals surface area contributed by atoms with E-state index in [9.17, 15) is 15.3 Å². The molecule has 2 saturated heterocycles. The van der Waals surface area contributed by atoms with Crippen molar-refractivity contribution in [2.45, 2.75) is 43.6 Å². The van der Waals surface area contributed by atoms with Gasteiger partial charge in [0.05, 0.1) is 36.0 Å². The largest absolute Gasteiger partial charge is 0.483 e. The van der Waals surface area contributed by atoms with Gasteiger partial charge in [-0.05, 0) is 31.4 Å². The lowest BCUT2D eigenvalue weighted by atomic mass is 9.81. The van der Waals surface area contributed by atoms with Crippen molar-refractivity contribution in [2.75, 3.05) is 31.2 Å². The molecule has 0 unspecified atom stereocenters. The van der Waals surface area contributed by atoms with Crippen LogP contribution in [-0.2, 0) is 16.1 Å². The van der Waals surface area contributed by atoms with Gasteiger partial charge in [-0.1, -0.05) is 12.1 Å². The number of aromatic nitrogens is 2. The van der Waals surface area contributed by atoms with Gasteiger partial charge in [0.1, 0.15) is 6.10 Å². The summed E-state index contributed by atoms with van der Waals surface area (Å²) in [6.07, 6.45) is 0.235. The Morgan fingerprint density at radius 3 is 2.61 bits per heavy atom. The fourth-order valence-corrected chi connectivity index (χ4v) is 4.13. The number of piperidine rings is 1. The second-order valence-corrected chi connectivity index (χ2v) is 7.08. The monoisotopic (exact) mass is 393 g/mol. The molecule has 2 aliphatic rings. The van der Waals surface area contributed by atoms with Crippen LogP contribution in [0.4, 0.5) is 5.95 Å². The number of aliphatic hydroxyl groups is 3. The van der Waals surface area contributed by atoms with Gasteiger partial charge in [0.2, 0.25) is 5.95 Å². The summed E-state index contributed by atoms with van der Waals surface area (Å²) in [7, 11) is 0. The number of anilines is 1. The summed E-state index contributed by atoms with van der Waals surface area (Å²) in [5.74, 6) is 0.843. The van der Waals surface area contributed by atoms with E-state index < -0.39 is 17.8 Å². The average Bonchev–Trinajstić information content (AvgIpc) is 3.06. The van der Waals surface area contributed by atoms with Crippen LogP contribution in [0.5, 0.6) is 0 Å². The predicted octanol–water partition coefficient (Wildman–Crippen LogP) is 0.211. The Kier molecular flexibility index (Phi) is 6.50. The highest BCUT2D eigenvalue weighted by Crippen LogP contribution is 2.37. The Hall–Kier alpha value is -2.20. The Bertz CT molecular complexity index is 787. The van der Waals surface area contributed by atoms with Gasteiger partial charge in [-0.3, -0.25) is 4.79 Å². The van der Waals surface area contributed by atoms with Crippen molar-refractivity contribution in [1.82, 2.24) is 9.55 Å². The predicted molar refractivity (Wildman–Crippen MR) is 102 cm³/mol. The minimum Gasteiger partial charge on any atom is -0.483 e.